The van der Waals surface area contributed by atoms with Crippen molar-refractivity contribution in [3.05, 3.63) is 45.9 Å². The van der Waals surface area contributed by atoms with Gasteiger partial charge in [0.2, 0.25) is 0 Å². The highest BCUT2D eigenvalue weighted by Crippen LogP contribution is 2.17. The van der Waals surface area contributed by atoms with E-state index in [9.17, 15) is 4.79 Å². The van der Waals surface area contributed by atoms with Crippen LogP contribution in [0.2, 0.25) is 0 Å². The molecule has 2 aromatic rings. The van der Waals surface area contributed by atoms with Crippen LogP contribution in [0.15, 0.2) is 29.8 Å². The maximum absolute atomic E-state index is 12.0. The van der Waals surface area contributed by atoms with Crippen LogP contribution in [0.4, 0.5) is 0 Å². The lowest BCUT2D eigenvalue weighted by molar-refractivity contribution is 0.0679. The number of benzene rings is 1. The van der Waals surface area contributed by atoms with Crippen molar-refractivity contribution in [1.29, 1.82) is 0 Å². The molecule has 6 heteroatoms. The molecule has 1 aromatic heterocycles. The molecule has 1 fully saturated rings. The molecule has 1 aromatic carbocycles. The van der Waals surface area contributed by atoms with Crippen LogP contribution in [0.1, 0.15) is 33.8 Å². The number of hydrogen-bond acceptors (Lipinski definition) is 5. The van der Waals surface area contributed by atoms with Gasteiger partial charge >= 0.3 is 0 Å². The van der Waals surface area contributed by atoms with Crippen LogP contribution >= 0.6 is 11.3 Å². The summed E-state index contributed by atoms with van der Waals surface area (Å²) in [7, 11) is 0. The molecule has 1 saturated heterocycles. The third-order valence-electron chi connectivity index (χ3n) is 3.79. The van der Waals surface area contributed by atoms with Gasteiger partial charge in [0.15, 0.2) is 0 Å². The SMILES string of the molecule is Cc1ncsc1C(=O)NCc1ccc(OC[C@@H]2CCCO2)cc1. The van der Waals surface area contributed by atoms with E-state index in [1.807, 2.05) is 31.2 Å². The number of nitrogens with one attached hydrogen (secondary N) is 1. The van der Waals surface area contributed by atoms with Crippen molar-refractivity contribution in [3.63, 3.8) is 0 Å². The number of aryl methyl sites for hydroxylation is 1. The highest BCUT2D eigenvalue weighted by atomic mass is 32.1. The van der Waals surface area contributed by atoms with Crippen LogP contribution in [0.25, 0.3) is 0 Å². The average Bonchev–Trinajstić information content (AvgIpc) is 3.23. The fraction of sp³-hybridized carbons (Fsp3) is 0.412. The summed E-state index contributed by atoms with van der Waals surface area (Å²) in [6.45, 7) is 3.76. The smallest absolute Gasteiger partial charge is 0.263 e. The van der Waals surface area contributed by atoms with E-state index in [1.165, 1.54) is 11.3 Å². The second kappa shape index (κ2) is 7.57. The number of ether oxygens (including phenoxy) is 2. The van der Waals surface area contributed by atoms with Gasteiger partial charge in [0.1, 0.15) is 17.2 Å². The summed E-state index contributed by atoms with van der Waals surface area (Å²) in [4.78, 5) is 16.8. The number of aromatic nitrogens is 1. The van der Waals surface area contributed by atoms with Crippen LogP contribution in [0, 0.1) is 6.92 Å². The molecule has 0 spiro atoms. The Labute approximate surface area is 139 Å². The molecule has 1 N–H and O–H groups in total. The van der Waals surface area contributed by atoms with Gasteiger partial charge in [0.25, 0.3) is 5.91 Å². The molecule has 1 aliphatic rings. The van der Waals surface area contributed by atoms with Crippen LogP contribution in [0.5, 0.6) is 5.75 Å². The molecule has 2 heterocycles. The summed E-state index contributed by atoms with van der Waals surface area (Å²) in [6.07, 6.45) is 2.41. The lowest BCUT2D eigenvalue weighted by Crippen LogP contribution is -2.22. The van der Waals surface area contributed by atoms with Gasteiger partial charge < -0.3 is 14.8 Å². The Kier molecular flexibility index (Phi) is 5.25. The molecular weight excluding hydrogens is 312 g/mol. The van der Waals surface area contributed by atoms with Crippen molar-refractivity contribution in [2.45, 2.75) is 32.4 Å². The highest BCUT2D eigenvalue weighted by molar-refractivity contribution is 7.11. The van der Waals surface area contributed by atoms with Gasteiger partial charge in [-0.1, -0.05) is 12.1 Å². The summed E-state index contributed by atoms with van der Waals surface area (Å²) in [5.74, 6) is 0.748. The minimum Gasteiger partial charge on any atom is -0.491 e. The van der Waals surface area contributed by atoms with Crippen LogP contribution in [-0.2, 0) is 11.3 Å². The molecule has 3 rings (SSSR count). The molecule has 0 aliphatic carbocycles. The molecule has 5 nitrogen and oxygen atoms in total. The van der Waals surface area contributed by atoms with Crippen molar-refractivity contribution < 1.29 is 14.3 Å². The third-order valence-corrected chi connectivity index (χ3v) is 4.72. The standard InChI is InChI=1S/C17H20N2O3S/c1-12-16(23-11-19-12)17(20)18-9-13-4-6-14(7-5-13)22-10-15-3-2-8-21-15/h4-7,11,15H,2-3,8-10H2,1H3,(H,18,20)/t15-/m0/s1. The van der Waals surface area contributed by atoms with Gasteiger partial charge in [-0.05, 0) is 37.5 Å². The van der Waals surface area contributed by atoms with Crippen molar-refractivity contribution in [3.8, 4) is 5.75 Å². The Bertz CT molecular complexity index is 648. The van der Waals surface area contributed by atoms with E-state index in [0.717, 1.165) is 36.5 Å². The van der Waals surface area contributed by atoms with Gasteiger partial charge in [-0.25, -0.2) is 4.98 Å². The van der Waals surface area contributed by atoms with E-state index in [0.29, 0.717) is 18.0 Å². The molecule has 0 bridgehead atoms. The zero-order valence-electron chi connectivity index (χ0n) is 13.1. The fourth-order valence-corrected chi connectivity index (χ4v) is 3.17. The zero-order chi connectivity index (χ0) is 16.1. The number of carbonyl (C=O) groups excluding carboxylic acids is 1. The van der Waals surface area contributed by atoms with Crippen LogP contribution in [-0.4, -0.2) is 30.2 Å². The quantitative estimate of drug-likeness (QED) is 0.883. The van der Waals surface area contributed by atoms with Gasteiger partial charge in [0, 0.05) is 13.2 Å². The van der Waals surface area contributed by atoms with E-state index in [2.05, 4.69) is 10.3 Å². The van der Waals surface area contributed by atoms with E-state index in [-0.39, 0.29) is 12.0 Å². The normalized spacial score (nSPS) is 17.2. The van der Waals surface area contributed by atoms with Crippen molar-refractivity contribution >= 4 is 17.2 Å². The second-order valence-electron chi connectivity index (χ2n) is 5.54. The molecule has 1 aliphatic heterocycles. The van der Waals surface area contributed by atoms with Gasteiger partial charge in [-0.2, -0.15) is 0 Å². The Morgan fingerprint density at radius 3 is 2.91 bits per heavy atom. The lowest BCUT2D eigenvalue weighted by Gasteiger charge is -2.12. The molecule has 1 atom stereocenters. The molecule has 0 radical (unpaired) electrons. The van der Waals surface area contributed by atoms with Gasteiger partial charge in [-0.3, -0.25) is 4.79 Å². The van der Waals surface area contributed by atoms with Crippen molar-refractivity contribution in [2.75, 3.05) is 13.2 Å². The summed E-state index contributed by atoms with van der Waals surface area (Å²) in [6, 6.07) is 7.78. The van der Waals surface area contributed by atoms with E-state index in [4.69, 9.17) is 9.47 Å². The topological polar surface area (TPSA) is 60.5 Å². The minimum atomic E-state index is -0.0799. The predicted octanol–water partition coefficient (Wildman–Crippen LogP) is 2.94. The molecule has 0 saturated carbocycles. The van der Waals surface area contributed by atoms with Crippen LogP contribution in [0.3, 0.4) is 0 Å². The summed E-state index contributed by atoms with van der Waals surface area (Å²) in [5.41, 5.74) is 3.49. The summed E-state index contributed by atoms with van der Waals surface area (Å²) >= 11 is 1.36. The first-order valence-electron chi connectivity index (χ1n) is 7.74. The van der Waals surface area contributed by atoms with Crippen molar-refractivity contribution in [1.82, 2.24) is 10.3 Å². The van der Waals surface area contributed by atoms with E-state index < -0.39 is 0 Å². The Balaban J connectivity index is 1.47. The third kappa shape index (κ3) is 4.30. The maximum Gasteiger partial charge on any atom is 0.263 e. The second-order valence-corrected chi connectivity index (χ2v) is 6.39. The van der Waals surface area contributed by atoms with Gasteiger partial charge in [0.05, 0.1) is 17.3 Å². The van der Waals surface area contributed by atoms with Crippen molar-refractivity contribution in [2.24, 2.45) is 0 Å². The molecule has 1 amide bonds. The average molecular weight is 332 g/mol. The zero-order valence-corrected chi connectivity index (χ0v) is 13.9. The predicted molar refractivity (Wildman–Crippen MR) is 88.9 cm³/mol. The molecule has 122 valence electrons. The van der Waals surface area contributed by atoms with E-state index >= 15 is 0 Å². The Hall–Kier alpha value is -1.92. The fourth-order valence-electron chi connectivity index (χ4n) is 2.45. The number of rotatable bonds is 6. The number of thiazole rings is 1. The van der Waals surface area contributed by atoms with Gasteiger partial charge in [-0.15, -0.1) is 11.3 Å². The molecular formula is C17H20N2O3S. The highest BCUT2D eigenvalue weighted by Gasteiger charge is 2.16. The number of amides is 1. The minimum absolute atomic E-state index is 0.0799. The monoisotopic (exact) mass is 332 g/mol. The molecule has 23 heavy (non-hydrogen) atoms. The van der Waals surface area contributed by atoms with Crippen LogP contribution < -0.4 is 10.1 Å². The summed E-state index contributed by atoms with van der Waals surface area (Å²) in [5, 5.41) is 2.91. The number of nitrogens with zero attached hydrogens (tertiary/aromatic N) is 1. The lowest BCUT2D eigenvalue weighted by atomic mass is 10.2. The molecule has 0 unspecified atom stereocenters. The first-order chi connectivity index (χ1) is 11.2. The summed E-state index contributed by atoms with van der Waals surface area (Å²) < 4.78 is 11.3. The Morgan fingerprint density at radius 2 is 2.26 bits per heavy atom. The maximum atomic E-state index is 12.0. The largest absolute Gasteiger partial charge is 0.491 e. The first-order valence-corrected chi connectivity index (χ1v) is 8.62. The first kappa shape index (κ1) is 16.0. The number of hydrogen-bond donors (Lipinski definition) is 1. The van der Waals surface area contributed by atoms with E-state index in [1.54, 1.807) is 5.51 Å². The number of carbonyl (C=O) groups is 1. The Morgan fingerprint density at radius 1 is 1.43 bits per heavy atom.